The molecule has 2 heterocycles. The summed E-state index contributed by atoms with van der Waals surface area (Å²) in [6, 6.07) is 14.3. The highest BCUT2D eigenvalue weighted by molar-refractivity contribution is 7.92. The lowest BCUT2D eigenvalue weighted by Crippen LogP contribution is -2.44. The third kappa shape index (κ3) is 11.9. The number of halogens is 2. The summed E-state index contributed by atoms with van der Waals surface area (Å²) >= 11 is 12.3. The summed E-state index contributed by atoms with van der Waals surface area (Å²) in [5.74, 6) is 0.349. The summed E-state index contributed by atoms with van der Waals surface area (Å²) in [5.41, 5.74) is -0.655. The first-order valence-electron chi connectivity index (χ1n) is 17.7. The number of ether oxygens (including phenoxy) is 3. The summed E-state index contributed by atoms with van der Waals surface area (Å²) < 4.78 is 46.8. The molecule has 0 aliphatic heterocycles. The molecule has 2 aromatic heterocycles. The molecule has 55 heavy (non-hydrogen) atoms. The Morgan fingerprint density at radius 1 is 0.818 bits per heavy atom. The van der Waals surface area contributed by atoms with E-state index >= 15 is 0 Å². The number of fused-ring (bicyclic) bond motifs is 1. The van der Waals surface area contributed by atoms with Gasteiger partial charge in [0.05, 0.1) is 22.7 Å². The topological polar surface area (TPSA) is 153 Å². The van der Waals surface area contributed by atoms with Crippen molar-refractivity contribution in [3.8, 4) is 5.82 Å². The number of hydrogen-bond donors (Lipinski definition) is 0. The van der Waals surface area contributed by atoms with Crippen LogP contribution in [0.2, 0.25) is 10.0 Å². The van der Waals surface area contributed by atoms with Gasteiger partial charge in [-0.15, -0.1) is 10.2 Å². The molecule has 0 unspecified atom stereocenters. The van der Waals surface area contributed by atoms with Gasteiger partial charge in [-0.25, -0.2) is 22.9 Å². The molecule has 4 aromatic rings. The number of hydrogen-bond acceptors (Lipinski definition) is 11. The highest BCUT2D eigenvalue weighted by Crippen LogP contribution is 2.31. The Hall–Kier alpha value is -4.60. The van der Waals surface area contributed by atoms with Gasteiger partial charge in [0, 0.05) is 41.8 Å². The molecule has 0 saturated carbocycles. The number of aromatic nitrogens is 3. The summed E-state index contributed by atoms with van der Waals surface area (Å²) in [4.78, 5) is 41.2. The van der Waals surface area contributed by atoms with Gasteiger partial charge >= 0.3 is 18.2 Å². The van der Waals surface area contributed by atoms with Crippen LogP contribution in [0.15, 0.2) is 65.7 Å². The van der Waals surface area contributed by atoms with Crippen molar-refractivity contribution in [3.05, 3.63) is 70.8 Å². The van der Waals surface area contributed by atoms with Crippen molar-refractivity contribution in [2.24, 2.45) is 0 Å². The third-order valence-electron chi connectivity index (χ3n) is 7.80. The second kappa shape index (κ2) is 17.9. The lowest BCUT2D eigenvalue weighted by Gasteiger charge is -2.29. The molecule has 17 heteroatoms. The molecule has 298 valence electrons. The Bertz CT molecular complexity index is 2050. The maximum Gasteiger partial charge on any atom is 0.419 e. The Kier molecular flexibility index (Phi) is 14.0. The number of sulfonamides is 1. The summed E-state index contributed by atoms with van der Waals surface area (Å²) in [6.07, 6.45) is 2.05. The molecular weight excluding hydrogens is 771 g/mol. The van der Waals surface area contributed by atoms with Crippen molar-refractivity contribution in [1.82, 2.24) is 19.7 Å². The van der Waals surface area contributed by atoms with Crippen LogP contribution >= 0.6 is 23.2 Å². The number of anilines is 2. The van der Waals surface area contributed by atoms with Crippen LogP contribution in [0, 0.1) is 0 Å². The maximum atomic E-state index is 13.9. The highest BCUT2D eigenvalue weighted by atomic mass is 35.5. The van der Waals surface area contributed by atoms with E-state index in [-0.39, 0.29) is 33.8 Å². The van der Waals surface area contributed by atoms with E-state index in [4.69, 9.17) is 37.4 Å². The van der Waals surface area contributed by atoms with Gasteiger partial charge in [-0.1, -0.05) is 36.5 Å². The van der Waals surface area contributed by atoms with E-state index in [0.717, 1.165) is 15.6 Å². The molecule has 0 bridgehead atoms. The molecule has 2 aromatic carbocycles. The number of nitrogens with zero attached hydrogens (tertiary/aromatic N) is 6. The third-order valence-corrected chi connectivity index (χ3v) is 9.98. The van der Waals surface area contributed by atoms with Gasteiger partial charge in [-0.2, -0.15) is 0 Å². The van der Waals surface area contributed by atoms with Crippen LogP contribution in [0.5, 0.6) is 0 Å². The van der Waals surface area contributed by atoms with E-state index in [1.807, 2.05) is 18.9 Å². The van der Waals surface area contributed by atoms with Crippen LogP contribution in [0.1, 0.15) is 67.7 Å². The number of benzene rings is 2. The molecule has 0 saturated heterocycles. The van der Waals surface area contributed by atoms with Gasteiger partial charge < -0.3 is 19.1 Å². The smallest absolute Gasteiger partial charge is 0.419 e. The van der Waals surface area contributed by atoms with E-state index in [2.05, 4.69) is 10.2 Å². The number of amides is 2. The molecule has 0 radical (unpaired) electrons. The van der Waals surface area contributed by atoms with Crippen LogP contribution in [0.4, 0.5) is 21.1 Å². The minimum absolute atomic E-state index is 0.0582. The van der Waals surface area contributed by atoms with Crippen molar-refractivity contribution in [2.75, 3.05) is 42.5 Å². The van der Waals surface area contributed by atoms with Crippen molar-refractivity contribution in [2.45, 2.75) is 83.8 Å². The molecular formula is C38H48Cl2N6O8S. The van der Waals surface area contributed by atoms with Gasteiger partial charge in [0.1, 0.15) is 17.7 Å². The first-order valence-corrected chi connectivity index (χ1v) is 19.9. The second-order valence-electron chi connectivity index (χ2n) is 14.8. The molecule has 2 amide bonds. The van der Waals surface area contributed by atoms with E-state index in [0.29, 0.717) is 41.9 Å². The van der Waals surface area contributed by atoms with Gasteiger partial charge in [0.25, 0.3) is 10.0 Å². The number of unbranched alkanes of at least 4 members (excludes halogenated alkanes) is 1. The molecule has 14 nitrogen and oxygen atoms in total. The largest absolute Gasteiger partial charge is 0.464 e. The van der Waals surface area contributed by atoms with Crippen LogP contribution in [-0.4, -0.2) is 90.7 Å². The normalized spacial score (nSPS) is 12.0. The Balaban J connectivity index is 1.52. The quantitative estimate of drug-likeness (QED) is 0.0686. The maximum absolute atomic E-state index is 13.9. The van der Waals surface area contributed by atoms with E-state index in [1.54, 1.807) is 88.7 Å². The molecule has 0 fully saturated rings. The van der Waals surface area contributed by atoms with Crippen molar-refractivity contribution in [1.29, 1.82) is 0 Å². The number of carbonyl (C=O) groups excluding carboxylic acids is 3. The molecule has 0 spiro atoms. The first kappa shape index (κ1) is 43.1. The fourth-order valence-corrected chi connectivity index (χ4v) is 7.35. The number of carbonyl (C=O) groups is 3. The molecule has 0 aliphatic carbocycles. The lowest BCUT2D eigenvalue weighted by molar-refractivity contribution is -0.141. The summed E-state index contributed by atoms with van der Waals surface area (Å²) in [7, 11) is -2.49. The number of rotatable bonds is 14. The molecule has 0 aliphatic rings. The first-order chi connectivity index (χ1) is 25.7. The van der Waals surface area contributed by atoms with Gasteiger partial charge in [0.2, 0.25) is 0 Å². The summed E-state index contributed by atoms with van der Waals surface area (Å²) in [6.45, 7) is 12.4. The van der Waals surface area contributed by atoms with Crippen LogP contribution < -0.4 is 9.21 Å². The monoisotopic (exact) mass is 818 g/mol. The predicted octanol–water partition coefficient (Wildman–Crippen LogP) is 8.26. The lowest BCUT2D eigenvalue weighted by atomic mass is 10.2. The minimum atomic E-state index is -4.31. The van der Waals surface area contributed by atoms with Crippen molar-refractivity contribution in [3.63, 3.8) is 0 Å². The predicted molar refractivity (Wildman–Crippen MR) is 213 cm³/mol. The summed E-state index contributed by atoms with van der Waals surface area (Å²) in [5, 5.41) is 9.74. The van der Waals surface area contributed by atoms with E-state index in [9.17, 15) is 22.8 Å². The zero-order chi connectivity index (χ0) is 40.7. The number of esters is 1. The van der Waals surface area contributed by atoms with Gasteiger partial charge in [-0.3, -0.25) is 13.7 Å². The average molecular weight is 820 g/mol. The SMILES string of the molecule is CCCCOC(=O)CN(c1ccc2c(ccn2-c2ccc(N(C)CCCN(C(=O)OC(C)(C)C)C(=O)OC(C)(C)C)nn2)c1)S(=O)(=O)c1cc(Cl)cc(Cl)c1. The zero-order valence-corrected chi connectivity index (χ0v) is 34.7. The van der Waals surface area contributed by atoms with Crippen LogP contribution in [0.3, 0.4) is 0 Å². The second-order valence-corrected chi connectivity index (χ2v) is 17.5. The van der Waals surface area contributed by atoms with E-state index < -0.39 is 45.9 Å². The van der Waals surface area contributed by atoms with Gasteiger partial charge in [0.15, 0.2) is 11.6 Å². The zero-order valence-electron chi connectivity index (χ0n) is 32.3. The van der Waals surface area contributed by atoms with E-state index in [1.165, 1.54) is 18.2 Å². The van der Waals surface area contributed by atoms with Crippen LogP contribution in [-0.2, 0) is 29.0 Å². The van der Waals surface area contributed by atoms with Crippen molar-refractivity contribution >= 4 is 73.8 Å². The molecule has 0 N–H and O–H groups in total. The van der Waals surface area contributed by atoms with Crippen molar-refractivity contribution < 1.29 is 37.0 Å². The van der Waals surface area contributed by atoms with Gasteiger partial charge in [-0.05, 0) is 109 Å². The fraction of sp³-hybridized carbons (Fsp3) is 0.447. The fourth-order valence-electron chi connectivity index (χ4n) is 5.22. The minimum Gasteiger partial charge on any atom is -0.464 e. The Labute approximate surface area is 332 Å². The average Bonchev–Trinajstić information content (AvgIpc) is 3.50. The molecule has 0 atom stereocenters. The standard InChI is InChI=1S/C38H48Cl2N6O8S/c1-9-10-20-52-34(47)25-46(55(50,51)30-23-27(39)22-28(40)24-30)29-12-13-31-26(21-29)16-19-44(31)33-15-14-32(41-42-33)43(8)17-11-18-45(35(48)53-37(2,3)4)36(49)54-38(5,6)7/h12-16,19,21-24H,9-11,17-18,20,25H2,1-8H3. The Morgan fingerprint density at radius 3 is 2.02 bits per heavy atom. The molecule has 4 rings (SSSR count). The number of imide groups is 1. The highest BCUT2D eigenvalue weighted by Gasteiger charge is 2.32. The van der Waals surface area contributed by atoms with Crippen LogP contribution in [0.25, 0.3) is 16.7 Å². The Morgan fingerprint density at radius 2 is 1.45 bits per heavy atom.